The second-order valence-corrected chi connectivity index (χ2v) is 6.74. The van der Waals surface area contributed by atoms with Crippen molar-refractivity contribution in [1.29, 1.82) is 0 Å². The van der Waals surface area contributed by atoms with Crippen molar-refractivity contribution in [2.45, 2.75) is 6.54 Å². The Balaban J connectivity index is 1.65. The number of carbonyl (C=O) groups excluding carboxylic acids is 1. The van der Waals surface area contributed by atoms with Gasteiger partial charge in [0.25, 0.3) is 0 Å². The largest absolute Gasteiger partial charge is 0.361 e. The number of fused-ring (bicyclic) bond motifs is 1. The fraction of sp³-hybridized carbons (Fsp3) is 0.143. The number of carbonyl (C=O) groups is 1. The summed E-state index contributed by atoms with van der Waals surface area (Å²) in [5, 5.41) is 5.49. The van der Waals surface area contributed by atoms with Crippen molar-refractivity contribution in [1.82, 2.24) is 19.5 Å². The normalized spacial score (nSPS) is 10.7. The highest BCUT2D eigenvalue weighted by Crippen LogP contribution is 2.23. The smallest absolute Gasteiger partial charge is 0.326 e. The molecule has 0 fully saturated rings. The first-order valence-corrected chi connectivity index (χ1v) is 9.17. The zero-order valence-electron chi connectivity index (χ0n) is 16.2. The molecule has 0 unspecified atom stereocenters. The summed E-state index contributed by atoms with van der Waals surface area (Å²) >= 11 is 0. The summed E-state index contributed by atoms with van der Waals surface area (Å²) in [5.41, 5.74) is 3.16. The molecule has 0 aliphatic rings. The van der Waals surface area contributed by atoms with E-state index in [4.69, 9.17) is 0 Å². The maximum absolute atomic E-state index is 12.4. The Kier molecular flexibility index (Phi) is 5.07. The van der Waals surface area contributed by atoms with Crippen molar-refractivity contribution in [2.24, 2.45) is 0 Å². The molecular formula is C21H21N7O. The molecule has 0 saturated heterocycles. The van der Waals surface area contributed by atoms with E-state index in [0.29, 0.717) is 29.2 Å². The molecule has 0 radical (unpaired) electrons. The van der Waals surface area contributed by atoms with Crippen LogP contribution in [0.4, 0.5) is 22.2 Å². The molecule has 2 aromatic heterocycles. The number of rotatable bonds is 5. The first-order valence-electron chi connectivity index (χ1n) is 9.17. The van der Waals surface area contributed by atoms with Gasteiger partial charge in [-0.25, -0.2) is 9.78 Å². The predicted octanol–water partition coefficient (Wildman–Crippen LogP) is 3.58. The van der Waals surface area contributed by atoms with E-state index in [9.17, 15) is 4.79 Å². The Labute approximate surface area is 168 Å². The van der Waals surface area contributed by atoms with Gasteiger partial charge in [-0.3, -0.25) is 5.32 Å². The van der Waals surface area contributed by atoms with Gasteiger partial charge in [0.15, 0.2) is 17.0 Å². The molecule has 29 heavy (non-hydrogen) atoms. The number of nitrogens with one attached hydrogen (secondary N) is 2. The summed E-state index contributed by atoms with van der Waals surface area (Å²) in [7, 11) is 3.76. The molecule has 2 heterocycles. The third-order valence-electron chi connectivity index (χ3n) is 4.32. The summed E-state index contributed by atoms with van der Waals surface area (Å²) in [4.78, 5) is 27.7. The number of benzene rings is 2. The molecule has 4 rings (SSSR count). The van der Waals surface area contributed by atoms with Gasteiger partial charge >= 0.3 is 6.03 Å². The maximum Gasteiger partial charge on any atom is 0.326 e. The number of anilines is 3. The lowest BCUT2D eigenvalue weighted by molar-refractivity contribution is 0.262. The van der Waals surface area contributed by atoms with E-state index in [1.165, 1.54) is 0 Å². The Morgan fingerprint density at radius 1 is 0.966 bits per heavy atom. The lowest BCUT2D eigenvalue weighted by atomic mass is 10.2. The van der Waals surface area contributed by atoms with Crippen LogP contribution in [0.25, 0.3) is 11.2 Å². The van der Waals surface area contributed by atoms with Crippen molar-refractivity contribution < 1.29 is 4.79 Å². The Morgan fingerprint density at radius 3 is 2.34 bits per heavy atom. The number of hydrogen-bond acceptors (Lipinski definition) is 5. The Hall–Kier alpha value is -3.94. The third-order valence-corrected chi connectivity index (χ3v) is 4.32. The van der Waals surface area contributed by atoms with Gasteiger partial charge in [-0.05, 0) is 17.7 Å². The van der Waals surface area contributed by atoms with E-state index in [0.717, 1.165) is 5.56 Å². The molecule has 4 aromatic rings. The van der Waals surface area contributed by atoms with Crippen molar-refractivity contribution >= 4 is 34.6 Å². The topological polar surface area (TPSA) is 88.0 Å². The SMILES string of the molecule is CN(C)c1nc(NC(=O)Nc2ccccc2)nc2c1ncn2Cc1ccccc1. The zero-order chi connectivity index (χ0) is 20.2. The Bertz CT molecular complexity index is 1120. The van der Waals surface area contributed by atoms with E-state index in [1.807, 2.05) is 84.2 Å². The fourth-order valence-corrected chi connectivity index (χ4v) is 2.98. The van der Waals surface area contributed by atoms with Crippen molar-refractivity contribution in [2.75, 3.05) is 29.6 Å². The molecular weight excluding hydrogens is 366 g/mol. The van der Waals surface area contributed by atoms with E-state index in [-0.39, 0.29) is 5.95 Å². The number of imidazole rings is 1. The molecule has 146 valence electrons. The summed E-state index contributed by atoms with van der Waals surface area (Å²) in [5.74, 6) is 0.848. The summed E-state index contributed by atoms with van der Waals surface area (Å²) in [6.45, 7) is 0.622. The average Bonchev–Trinajstić information content (AvgIpc) is 3.11. The Morgan fingerprint density at radius 2 is 1.66 bits per heavy atom. The maximum atomic E-state index is 12.4. The second-order valence-electron chi connectivity index (χ2n) is 6.74. The quantitative estimate of drug-likeness (QED) is 0.546. The summed E-state index contributed by atoms with van der Waals surface area (Å²) in [6, 6.07) is 18.9. The van der Waals surface area contributed by atoms with Gasteiger partial charge in [0.05, 0.1) is 12.9 Å². The average molecular weight is 387 g/mol. The van der Waals surface area contributed by atoms with Gasteiger partial charge in [0, 0.05) is 19.8 Å². The van der Waals surface area contributed by atoms with Crippen LogP contribution in [0.5, 0.6) is 0 Å². The van der Waals surface area contributed by atoms with Gasteiger partial charge < -0.3 is 14.8 Å². The number of hydrogen-bond donors (Lipinski definition) is 2. The van der Waals surface area contributed by atoms with Crippen molar-refractivity contribution in [3.8, 4) is 0 Å². The van der Waals surface area contributed by atoms with Gasteiger partial charge in [-0.15, -0.1) is 0 Å². The summed E-state index contributed by atoms with van der Waals surface area (Å²) in [6.07, 6.45) is 1.74. The molecule has 0 bridgehead atoms. The molecule has 8 nitrogen and oxygen atoms in total. The van der Waals surface area contributed by atoms with E-state index in [1.54, 1.807) is 6.33 Å². The second kappa shape index (κ2) is 7.97. The van der Waals surface area contributed by atoms with Crippen LogP contribution in [0.1, 0.15) is 5.56 Å². The van der Waals surface area contributed by atoms with E-state index in [2.05, 4.69) is 25.6 Å². The molecule has 0 spiro atoms. The number of para-hydroxylation sites is 1. The van der Waals surface area contributed by atoms with Gasteiger partial charge in [0.1, 0.15) is 0 Å². The van der Waals surface area contributed by atoms with Gasteiger partial charge in [-0.1, -0.05) is 48.5 Å². The molecule has 2 N–H and O–H groups in total. The lowest BCUT2D eigenvalue weighted by Crippen LogP contribution is -2.22. The summed E-state index contributed by atoms with van der Waals surface area (Å²) < 4.78 is 1.94. The lowest BCUT2D eigenvalue weighted by Gasteiger charge is -2.14. The number of nitrogens with zero attached hydrogens (tertiary/aromatic N) is 5. The number of urea groups is 1. The van der Waals surface area contributed by atoms with Crippen LogP contribution in [0.2, 0.25) is 0 Å². The molecule has 0 atom stereocenters. The van der Waals surface area contributed by atoms with Crippen LogP contribution in [0.3, 0.4) is 0 Å². The predicted molar refractivity (Wildman–Crippen MR) is 114 cm³/mol. The third kappa shape index (κ3) is 4.16. The highest BCUT2D eigenvalue weighted by atomic mass is 16.2. The van der Waals surface area contributed by atoms with Crippen LogP contribution >= 0.6 is 0 Å². The van der Waals surface area contributed by atoms with Gasteiger partial charge in [-0.2, -0.15) is 9.97 Å². The fourth-order valence-electron chi connectivity index (χ4n) is 2.98. The van der Waals surface area contributed by atoms with Crippen LogP contribution in [0.15, 0.2) is 67.0 Å². The molecule has 8 heteroatoms. The standard InChI is InChI=1S/C21H21N7O/c1-27(2)18-17-19(28(14-22-17)13-15-9-5-3-6-10-15)25-20(24-18)26-21(29)23-16-11-7-4-8-12-16/h3-12,14H,13H2,1-2H3,(H2,23,24,25,26,29). The van der Waals surface area contributed by atoms with Crippen molar-refractivity contribution in [3.63, 3.8) is 0 Å². The molecule has 2 amide bonds. The number of aromatic nitrogens is 4. The number of amides is 2. The highest BCUT2D eigenvalue weighted by Gasteiger charge is 2.16. The minimum absolute atomic E-state index is 0.212. The van der Waals surface area contributed by atoms with Crippen LogP contribution < -0.4 is 15.5 Å². The molecule has 2 aromatic carbocycles. The van der Waals surface area contributed by atoms with E-state index >= 15 is 0 Å². The van der Waals surface area contributed by atoms with Crippen LogP contribution in [-0.2, 0) is 6.54 Å². The monoisotopic (exact) mass is 387 g/mol. The van der Waals surface area contributed by atoms with Gasteiger partial charge in [0.2, 0.25) is 5.95 Å². The highest BCUT2D eigenvalue weighted by molar-refractivity contribution is 5.99. The molecule has 0 aliphatic heterocycles. The minimum atomic E-state index is -0.408. The van der Waals surface area contributed by atoms with Crippen LogP contribution in [0, 0.1) is 0 Å². The first-order chi connectivity index (χ1) is 14.1. The molecule has 0 aliphatic carbocycles. The van der Waals surface area contributed by atoms with Crippen LogP contribution in [-0.4, -0.2) is 39.6 Å². The van der Waals surface area contributed by atoms with E-state index < -0.39 is 6.03 Å². The minimum Gasteiger partial charge on any atom is -0.361 e. The molecule has 0 saturated carbocycles. The first kappa shape index (κ1) is 18.4. The van der Waals surface area contributed by atoms with Crippen molar-refractivity contribution in [3.05, 3.63) is 72.6 Å². The zero-order valence-corrected chi connectivity index (χ0v) is 16.2.